The average molecular weight is 429 g/mol. The summed E-state index contributed by atoms with van der Waals surface area (Å²) < 4.78 is 10.5. The fourth-order valence-electron chi connectivity index (χ4n) is 3.19. The highest BCUT2D eigenvalue weighted by atomic mass is 16.5. The Balaban J connectivity index is 1.44. The van der Waals surface area contributed by atoms with E-state index in [1.807, 2.05) is 31.2 Å². The Morgan fingerprint density at radius 1 is 1.00 bits per heavy atom. The first kappa shape index (κ1) is 21.1. The van der Waals surface area contributed by atoms with Gasteiger partial charge in [0, 0.05) is 11.3 Å². The number of methoxy groups -OCH3 is 1. The van der Waals surface area contributed by atoms with Crippen molar-refractivity contribution in [3.63, 3.8) is 0 Å². The van der Waals surface area contributed by atoms with E-state index < -0.39 is 18.0 Å². The Bertz CT molecular complexity index is 1260. The van der Waals surface area contributed by atoms with Crippen LogP contribution in [0.3, 0.4) is 0 Å². The molecule has 1 unspecified atom stereocenters. The van der Waals surface area contributed by atoms with E-state index in [0.29, 0.717) is 22.5 Å². The Morgan fingerprint density at radius 2 is 1.72 bits per heavy atom. The Morgan fingerprint density at radius 3 is 2.41 bits per heavy atom. The maximum Gasteiger partial charge on any atom is 0.338 e. The van der Waals surface area contributed by atoms with E-state index in [1.54, 1.807) is 49.6 Å². The molecule has 0 aliphatic heterocycles. The van der Waals surface area contributed by atoms with E-state index in [1.165, 1.54) is 12.5 Å². The first-order chi connectivity index (χ1) is 15.4. The Hall–Kier alpha value is -4.13. The van der Waals surface area contributed by atoms with Crippen LogP contribution >= 0.6 is 0 Å². The van der Waals surface area contributed by atoms with Gasteiger partial charge in [-0.1, -0.05) is 29.8 Å². The van der Waals surface area contributed by atoms with E-state index in [0.717, 1.165) is 16.9 Å². The highest BCUT2D eigenvalue weighted by Gasteiger charge is 2.20. The number of benzene rings is 3. The molecule has 0 aliphatic rings. The van der Waals surface area contributed by atoms with Crippen LogP contribution in [0.15, 0.2) is 66.7 Å². The fourth-order valence-corrected chi connectivity index (χ4v) is 3.19. The summed E-state index contributed by atoms with van der Waals surface area (Å²) in [4.78, 5) is 32.8. The number of H-pyrrole nitrogens is 1. The number of aryl methyl sites for hydroxylation is 1. The highest BCUT2D eigenvalue weighted by Crippen LogP contribution is 2.22. The van der Waals surface area contributed by atoms with Crippen molar-refractivity contribution in [2.45, 2.75) is 20.0 Å². The lowest BCUT2D eigenvalue weighted by molar-refractivity contribution is -0.123. The second-order valence-electron chi connectivity index (χ2n) is 7.45. The van der Waals surface area contributed by atoms with Crippen LogP contribution in [0, 0.1) is 6.92 Å². The third kappa shape index (κ3) is 4.62. The lowest BCUT2D eigenvalue weighted by Gasteiger charge is -2.14. The minimum atomic E-state index is -0.967. The summed E-state index contributed by atoms with van der Waals surface area (Å²) in [6.45, 7) is 3.56. The van der Waals surface area contributed by atoms with E-state index in [9.17, 15) is 9.59 Å². The molecule has 32 heavy (non-hydrogen) atoms. The van der Waals surface area contributed by atoms with Gasteiger partial charge in [-0.3, -0.25) is 4.79 Å². The average Bonchev–Trinajstić information content (AvgIpc) is 3.23. The third-order valence-electron chi connectivity index (χ3n) is 5.05. The van der Waals surface area contributed by atoms with Gasteiger partial charge in [-0.05, 0) is 56.3 Å². The van der Waals surface area contributed by atoms with Gasteiger partial charge in [-0.25, -0.2) is 9.78 Å². The van der Waals surface area contributed by atoms with Gasteiger partial charge in [0.1, 0.15) is 11.6 Å². The Kier molecular flexibility index (Phi) is 5.89. The molecule has 7 heteroatoms. The molecule has 1 atom stereocenters. The predicted molar refractivity (Wildman–Crippen MR) is 123 cm³/mol. The van der Waals surface area contributed by atoms with Gasteiger partial charge in [0.25, 0.3) is 5.91 Å². The van der Waals surface area contributed by atoms with Crippen LogP contribution in [-0.4, -0.2) is 35.1 Å². The lowest BCUT2D eigenvalue weighted by Crippen LogP contribution is -2.30. The van der Waals surface area contributed by atoms with Crippen molar-refractivity contribution in [3.05, 3.63) is 77.9 Å². The van der Waals surface area contributed by atoms with Gasteiger partial charge in [0.2, 0.25) is 0 Å². The molecule has 7 nitrogen and oxygen atoms in total. The smallest absolute Gasteiger partial charge is 0.338 e. The van der Waals surface area contributed by atoms with Gasteiger partial charge >= 0.3 is 5.97 Å². The maximum absolute atomic E-state index is 12.6. The van der Waals surface area contributed by atoms with Crippen molar-refractivity contribution < 1.29 is 19.1 Å². The Labute approximate surface area is 185 Å². The molecule has 3 aromatic carbocycles. The second-order valence-corrected chi connectivity index (χ2v) is 7.45. The molecule has 162 valence electrons. The molecule has 0 saturated heterocycles. The van der Waals surface area contributed by atoms with Crippen molar-refractivity contribution in [2.75, 3.05) is 12.4 Å². The van der Waals surface area contributed by atoms with Crippen LogP contribution in [-0.2, 0) is 9.53 Å². The first-order valence-corrected chi connectivity index (χ1v) is 10.2. The van der Waals surface area contributed by atoms with E-state index >= 15 is 0 Å². The second kappa shape index (κ2) is 8.93. The number of hydrogen-bond donors (Lipinski definition) is 2. The number of nitrogens with one attached hydrogen (secondary N) is 2. The molecule has 0 aliphatic carbocycles. The summed E-state index contributed by atoms with van der Waals surface area (Å²) in [6, 6.07) is 20.0. The molecule has 1 aromatic heterocycles. The zero-order chi connectivity index (χ0) is 22.7. The molecule has 0 saturated carbocycles. The molecular formula is C25H23N3O4. The molecule has 0 fully saturated rings. The summed E-state index contributed by atoms with van der Waals surface area (Å²) >= 11 is 0. The van der Waals surface area contributed by atoms with Crippen LogP contribution in [0.5, 0.6) is 5.75 Å². The first-order valence-electron chi connectivity index (χ1n) is 10.2. The number of nitrogens with zero attached hydrogens (tertiary/aromatic N) is 1. The van der Waals surface area contributed by atoms with Crippen molar-refractivity contribution in [1.82, 2.24) is 9.97 Å². The normalized spacial score (nSPS) is 11.7. The van der Waals surface area contributed by atoms with Gasteiger partial charge in [-0.15, -0.1) is 0 Å². The van der Waals surface area contributed by atoms with E-state index in [2.05, 4.69) is 15.3 Å². The summed E-state index contributed by atoms with van der Waals surface area (Å²) in [5, 5.41) is 2.72. The van der Waals surface area contributed by atoms with Crippen molar-refractivity contribution in [1.29, 1.82) is 0 Å². The van der Waals surface area contributed by atoms with Crippen LogP contribution < -0.4 is 10.1 Å². The zero-order valence-corrected chi connectivity index (χ0v) is 18.0. The number of hydrogen-bond acceptors (Lipinski definition) is 5. The van der Waals surface area contributed by atoms with Gasteiger partial charge in [-0.2, -0.15) is 0 Å². The largest absolute Gasteiger partial charge is 0.497 e. The van der Waals surface area contributed by atoms with Gasteiger partial charge in [0.05, 0.1) is 23.7 Å². The van der Waals surface area contributed by atoms with Crippen LogP contribution in [0.25, 0.3) is 22.4 Å². The fraction of sp³-hybridized carbons (Fsp3) is 0.160. The van der Waals surface area contributed by atoms with Crippen LogP contribution in [0.1, 0.15) is 22.8 Å². The third-order valence-corrected chi connectivity index (χ3v) is 5.05. The number of carbonyl (C=O) groups excluding carboxylic acids is 2. The number of amides is 1. The molecule has 0 bridgehead atoms. The number of anilines is 1. The quantitative estimate of drug-likeness (QED) is 0.432. The van der Waals surface area contributed by atoms with Crippen molar-refractivity contribution >= 4 is 28.6 Å². The monoisotopic (exact) mass is 429 g/mol. The standard InChI is InChI=1S/C25H23N3O4/c1-15-4-6-17(7-5-15)23-27-21-13-8-18(14-22(21)28-23)25(30)32-16(2)24(29)26-19-9-11-20(31-3)12-10-19/h4-14,16H,1-3H3,(H,26,29)(H,27,28). The van der Waals surface area contributed by atoms with E-state index in [4.69, 9.17) is 9.47 Å². The predicted octanol–water partition coefficient (Wildman–Crippen LogP) is 4.73. The summed E-state index contributed by atoms with van der Waals surface area (Å²) in [5.41, 5.74) is 4.49. The molecule has 4 rings (SSSR count). The highest BCUT2D eigenvalue weighted by molar-refractivity contribution is 5.98. The maximum atomic E-state index is 12.6. The molecular weight excluding hydrogens is 406 g/mol. The summed E-state index contributed by atoms with van der Waals surface area (Å²) in [5.74, 6) is 0.392. The number of aromatic amines is 1. The molecule has 0 radical (unpaired) electrons. The number of imidazole rings is 1. The summed E-state index contributed by atoms with van der Waals surface area (Å²) in [7, 11) is 1.57. The number of aromatic nitrogens is 2. The molecule has 1 heterocycles. The lowest BCUT2D eigenvalue weighted by atomic mass is 10.1. The van der Waals surface area contributed by atoms with Crippen LogP contribution in [0.2, 0.25) is 0 Å². The zero-order valence-electron chi connectivity index (χ0n) is 18.0. The number of carbonyl (C=O) groups is 2. The van der Waals surface area contributed by atoms with Crippen molar-refractivity contribution in [2.24, 2.45) is 0 Å². The van der Waals surface area contributed by atoms with Crippen molar-refractivity contribution in [3.8, 4) is 17.1 Å². The van der Waals surface area contributed by atoms with E-state index in [-0.39, 0.29) is 0 Å². The molecule has 4 aromatic rings. The summed E-state index contributed by atoms with van der Waals surface area (Å²) in [6.07, 6.45) is -0.967. The molecule has 1 amide bonds. The minimum Gasteiger partial charge on any atom is -0.497 e. The number of ether oxygens (including phenoxy) is 2. The minimum absolute atomic E-state index is 0.334. The number of rotatable bonds is 6. The molecule has 0 spiro atoms. The number of esters is 1. The topological polar surface area (TPSA) is 93.3 Å². The SMILES string of the molecule is COc1ccc(NC(=O)C(C)OC(=O)c2ccc3nc(-c4ccc(C)cc4)[nH]c3c2)cc1. The number of fused-ring (bicyclic) bond motifs is 1. The van der Waals surface area contributed by atoms with Crippen LogP contribution in [0.4, 0.5) is 5.69 Å². The van der Waals surface area contributed by atoms with Gasteiger partial charge in [0.15, 0.2) is 6.10 Å². The molecule has 2 N–H and O–H groups in total. The van der Waals surface area contributed by atoms with Gasteiger partial charge < -0.3 is 19.8 Å².